The molecule has 0 amide bonds. The summed E-state index contributed by atoms with van der Waals surface area (Å²) in [5, 5.41) is 6.64. The van der Waals surface area contributed by atoms with Gasteiger partial charge < -0.3 is 20.1 Å². The highest BCUT2D eigenvalue weighted by Crippen LogP contribution is 2.22. The Bertz CT molecular complexity index is 541. The molecule has 1 saturated carbocycles. The van der Waals surface area contributed by atoms with Crippen LogP contribution in [0.3, 0.4) is 0 Å². The van der Waals surface area contributed by atoms with Crippen LogP contribution in [-0.2, 0) is 11.3 Å². The number of nitrogens with zero attached hydrogens (tertiary/aromatic N) is 2. The number of pyridine rings is 1. The largest absolute Gasteiger partial charge is 0.474 e. The topological polar surface area (TPSA) is 67.8 Å². The standard InChI is InChI=1S/C19H30N4O2.HI/c1-2-20-19(23-14-17-8-5-11-24-17)22-13-15-9-10-18(21-12-15)25-16-6-3-4-7-16;/h9-10,12,16-17H,2-8,11,13-14H2,1H3,(H2,20,22,23);1H. The summed E-state index contributed by atoms with van der Waals surface area (Å²) < 4.78 is 11.5. The van der Waals surface area contributed by atoms with Gasteiger partial charge >= 0.3 is 0 Å². The maximum absolute atomic E-state index is 5.90. The Morgan fingerprint density at radius 1 is 1.23 bits per heavy atom. The summed E-state index contributed by atoms with van der Waals surface area (Å²) in [7, 11) is 0. The van der Waals surface area contributed by atoms with E-state index in [2.05, 4.69) is 27.5 Å². The number of ether oxygens (including phenoxy) is 2. The predicted octanol–water partition coefficient (Wildman–Crippen LogP) is 3.26. The predicted molar refractivity (Wildman–Crippen MR) is 114 cm³/mol. The summed E-state index contributed by atoms with van der Waals surface area (Å²) in [6.07, 6.45) is 9.62. The highest BCUT2D eigenvalue weighted by molar-refractivity contribution is 14.0. The molecule has 146 valence electrons. The molecule has 3 rings (SSSR count). The van der Waals surface area contributed by atoms with E-state index < -0.39 is 0 Å². The van der Waals surface area contributed by atoms with Crippen molar-refractivity contribution < 1.29 is 9.47 Å². The van der Waals surface area contributed by atoms with Crippen LogP contribution < -0.4 is 15.4 Å². The molecule has 1 unspecified atom stereocenters. The molecule has 0 radical (unpaired) electrons. The van der Waals surface area contributed by atoms with Gasteiger partial charge in [0, 0.05) is 32.0 Å². The summed E-state index contributed by atoms with van der Waals surface area (Å²) in [6.45, 7) is 5.18. The Hall–Kier alpha value is -1.09. The van der Waals surface area contributed by atoms with Crippen LogP contribution >= 0.6 is 24.0 Å². The van der Waals surface area contributed by atoms with Gasteiger partial charge in [-0.2, -0.15) is 0 Å². The number of rotatable bonds is 7. The molecule has 1 aliphatic heterocycles. The number of halogens is 1. The molecule has 2 N–H and O–H groups in total. The number of nitrogens with one attached hydrogen (secondary N) is 2. The van der Waals surface area contributed by atoms with Crippen molar-refractivity contribution >= 4 is 29.9 Å². The van der Waals surface area contributed by atoms with Crippen molar-refractivity contribution in [1.82, 2.24) is 15.6 Å². The minimum absolute atomic E-state index is 0. The smallest absolute Gasteiger partial charge is 0.213 e. The first-order valence-corrected chi connectivity index (χ1v) is 9.59. The minimum Gasteiger partial charge on any atom is -0.474 e. The molecule has 2 aliphatic rings. The fraction of sp³-hybridized carbons (Fsp3) is 0.684. The molecule has 0 aromatic carbocycles. The second-order valence-corrected chi connectivity index (χ2v) is 6.74. The van der Waals surface area contributed by atoms with Crippen LogP contribution in [0.25, 0.3) is 0 Å². The van der Waals surface area contributed by atoms with Gasteiger partial charge in [-0.25, -0.2) is 9.98 Å². The third-order valence-corrected chi connectivity index (χ3v) is 4.67. The van der Waals surface area contributed by atoms with Crippen LogP contribution in [0, 0.1) is 0 Å². The molecule has 0 bridgehead atoms. The van der Waals surface area contributed by atoms with Crippen molar-refractivity contribution in [2.75, 3.05) is 19.7 Å². The van der Waals surface area contributed by atoms with Crippen molar-refractivity contribution in [2.45, 2.75) is 64.2 Å². The van der Waals surface area contributed by atoms with Gasteiger partial charge in [0.1, 0.15) is 6.10 Å². The summed E-state index contributed by atoms with van der Waals surface area (Å²) in [5.41, 5.74) is 1.08. The number of hydrogen-bond donors (Lipinski definition) is 2. The van der Waals surface area contributed by atoms with E-state index in [1.807, 2.05) is 18.3 Å². The molecule has 7 heteroatoms. The van der Waals surface area contributed by atoms with Crippen LogP contribution in [0.15, 0.2) is 23.3 Å². The molecular formula is C19H31IN4O2. The van der Waals surface area contributed by atoms with Crippen LogP contribution in [0.4, 0.5) is 0 Å². The molecule has 1 aromatic heterocycles. The highest BCUT2D eigenvalue weighted by atomic mass is 127. The van der Waals surface area contributed by atoms with Gasteiger partial charge in [-0.3, -0.25) is 0 Å². The van der Waals surface area contributed by atoms with Gasteiger partial charge in [-0.05, 0) is 51.0 Å². The Balaban J connectivity index is 0.00000243. The van der Waals surface area contributed by atoms with E-state index >= 15 is 0 Å². The van der Waals surface area contributed by atoms with E-state index in [1.54, 1.807) is 0 Å². The van der Waals surface area contributed by atoms with Gasteiger partial charge in [0.2, 0.25) is 5.88 Å². The zero-order chi connectivity index (χ0) is 17.3. The molecule has 1 atom stereocenters. The first-order chi connectivity index (χ1) is 12.3. The first-order valence-electron chi connectivity index (χ1n) is 9.59. The van der Waals surface area contributed by atoms with Crippen molar-refractivity contribution in [2.24, 2.45) is 4.99 Å². The number of hydrogen-bond acceptors (Lipinski definition) is 4. The zero-order valence-electron chi connectivity index (χ0n) is 15.6. The van der Waals surface area contributed by atoms with Crippen LogP contribution in [0.2, 0.25) is 0 Å². The SMILES string of the molecule is CCNC(=NCc1ccc(OC2CCCC2)nc1)NCC1CCCO1.I. The van der Waals surface area contributed by atoms with Gasteiger partial charge in [-0.1, -0.05) is 6.07 Å². The molecule has 0 spiro atoms. The summed E-state index contributed by atoms with van der Waals surface area (Å²) in [5.74, 6) is 1.55. The van der Waals surface area contributed by atoms with E-state index in [0.29, 0.717) is 18.8 Å². The summed E-state index contributed by atoms with van der Waals surface area (Å²) >= 11 is 0. The van der Waals surface area contributed by atoms with Crippen LogP contribution in [-0.4, -0.2) is 42.8 Å². The highest BCUT2D eigenvalue weighted by Gasteiger charge is 2.17. The summed E-state index contributed by atoms with van der Waals surface area (Å²) in [4.78, 5) is 9.06. The Morgan fingerprint density at radius 3 is 2.73 bits per heavy atom. The van der Waals surface area contributed by atoms with Crippen molar-refractivity contribution in [3.63, 3.8) is 0 Å². The second-order valence-electron chi connectivity index (χ2n) is 6.74. The number of aromatic nitrogens is 1. The Kier molecular flexibility index (Phi) is 9.45. The van der Waals surface area contributed by atoms with Gasteiger partial charge in [0.15, 0.2) is 5.96 Å². The normalized spacial score (nSPS) is 20.7. The average molecular weight is 474 g/mol. The van der Waals surface area contributed by atoms with Gasteiger partial charge in [0.25, 0.3) is 0 Å². The third kappa shape index (κ3) is 6.90. The van der Waals surface area contributed by atoms with Crippen molar-refractivity contribution in [1.29, 1.82) is 0 Å². The minimum atomic E-state index is 0. The lowest BCUT2D eigenvalue weighted by Crippen LogP contribution is -2.41. The van der Waals surface area contributed by atoms with E-state index in [-0.39, 0.29) is 24.0 Å². The maximum Gasteiger partial charge on any atom is 0.213 e. The monoisotopic (exact) mass is 474 g/mol. The Labute approximate surface area is 173 Å². The maximum atomic E-state index is 5.90. The molecular weight excluding hydrogens is 443 g/mol. The second kappa shape index (κ2) is 11.6. The van der Waals surface area contributed by atoms with E-state index in [0.717, 1.165) is 62.8 Å². The summed E-state index contributed by atoms with van der Waals surface area (Å²) in [6, 6.07) is 4.00. The fourth-order valence-electron chi connectivity index (χ4n) is 3.28. The zero-order valence-corrected chi connectivity index (χ0v) is 17.9. The molecule has 6 nitrogen and oxygen atoms in total. The van der Waals surface area contributed by atoms with Gasteiger partial charge in [0.05, 0.1) is 12.6 Å². The molecule has 26 heavy (non-hydrogen) atoms. The van der Waals surface area contributed by atoms with E-state index in [4.69, 9.17) is 9.47 Å². The molecule has 1 aromatic rings. The lowest BCUT2D eigenvalue weighted by Gasteiger charge is -2.15. The van der Waals surface area contributed by atoms with Gasteiger partial charge in [-0.15, -0.1) is 24.0 Å². The molecule has 1 saturated heterocycles. The molecule has 2 fully saturated rings. The van der Waals surface area contributed by atoms with Crippen molar-refractivity contribution in [3.8, 4) is 5.88 Å². The lowest BCUT2D eigenvalue weighted by atomic mass is 10.2. The third-order valence-electron chi connectivity index (χ3n) is 4.67. The average Bonchev–Trinajstić information content (AvgIpc) is 3.32. The quantitative estimate of drug-likeness (QED) is 0.361. The Morgan fingerprint density at radius 2 is 2.08 bits per heavy atom. The molecule has 2 heterocycles. The van der Waals surface area contributed by atoms with Crippen LogP contribution in [0.1, 0.15) is 51.0 Å². The number of guanidine groups is 1. The van der Waals surface area contributed by atoms with E-state index in [9.17, 15) is 0 Å². The van der Waals surface area contributed by atoms with E-state index in [1.165, 1.54) is 12.8 Å². The number of aliphatic imine (C=N–C) groups is 1. The fourth-order valence-corrected chi connectivity index (χ4v) is 3.28. The van der Waals surface area contributed by atoms with Crippen molar-refractivity contribution in [3.05, 3.63) is 23.9 Å². The molecule has 1 aliphatic carbocycles. The van der Waals surface area contributed by atoms with Crippen LogP contribution in [0.5, 0.6) is 5.88 Å². The first kappa shape index (κ1) is 21.2. The lowest BCUT2D eigenvalue weighted by molar-refractivity contribution is 0.114.